The van der Waals surface area contributed by atoms with Crippen LogP contribution in [0, 0.1) is 12.8 Å². The standard InChI is InChI=1S/C27H31N5O3/c1-18-2-3-20(27(34)31-23-5-6-23)14-24(18)22-16-30-32(17-22)11-10-28-25-7-4-21(15-29-25)26(33)19-8-12-35-13-9-19/h2-4,7,10-11,14-17,19,23,26,33H,5-6,8-9,12-13H2,1H3,(H,28,29)(H,31,34)/b11-10+. The summed E-state index contributed by atoms with van der Waals surface area (Å²) < 4.78 is 7.09. The lowest BCUT2D eigenvalue weighted by Crippen LogP contribution is -2.25. The molecule has 1 atom stereocenters. The van der Waals surface area contributed by atoms with E-state index >= 15 is 0 Å². The fourth-order valence-corrected chi connectivity index (χ4v) is 4.30. The van der Waals surface area contributed by atoms with E-state index in [4.69, 9.17) is 4.74 Å². The summed E-state index contributed by atoms with van der Waals surface area (Å²) >= 11 is 0. The molecule has 0 spiro atoms. The number of amides is 1. The molecule has 3 heterocycles. The maximum atomic E-state index is 12.4. The third kappa shape index (κ3) is 5.78. The quantitative estimate of drug-likeness (QED) is 0.454. The van der Waals surface area contributed by atoms with Crippen molar-refractivity contribution < 1.29 is 14.6 Å². The molecule has 1 aliphatic heterocycles. The maximum Gasteiger partial charge on any atom is 0.251 e. The molecule has 8 heteroatoms. The average molecular weight is 474 g/mol. The Bertz CT molecular complexity index is 1190. The molecular weight excluding hydrogens is 442 g/mol. The molecule has 182 valence electrons. The van der Waals surface area contributed by atoms with Crippen LogP contribution in [0.15, 0.2) is 55.1 Å². The van der Waals surface area contributed by atoms with Gasteiger partial charge in [0.05, 0.1) is 12.3 Å². The van der Waals surface area contributed by atoms with Crippen molar-refractivity contribution in [3.8, 4) is 11.1 Å². The molecule has 2 fully saturated rings. The number of carbonyl (C=O) groups excluding carboxylic acids is 1. The molecule has 0 bridgehead atoms. The first-order chi connectivity index (χ1) is 17.1. The van der Waals surface area contributed by atoms with Crippen LogP contribution in [-0.4, -0.2) is 45.0 Å². The fourth-order valence-electron chi connectivity index (χ4n) is 4.30. The van der Waals surface area contributed by atoms with Gasteiger partial charge in [-0.25, -0.2) is 9.67 Å². The molecule has 0 radical (unpaired) electrons. The second-order valence-electron chi connectivity index (χ2n) is 9.32. The number of aryl methyl sites for hydroxylation is 1. The van der Waals surface area contributed by atoms with E-state index in [0.717, 1.165) is 47.9 Å². The Morgan fingerprint density at radius 1 is 1.17 bits per heavy atom. The minimum absolute atomic E-state index is 0.0240. The normalized spacial score (nSPS) is 17.4. The smallest absolute Gasteiger partial charge is 0.251 e. The highest BCUT2D eigenvalue weighted by Crippen LogP contribution is 2.30. The number of rotatable bonds is 8. The Labute approximate surface area is 205 Å². The number of ether oxygens (including phenoxy) is 1. The number of aliphatic hydroxyl groups excluding tert-OH is 1. The van der Waals surface area contributed by atoms with E-state index in [1.807, 2.05) is 43.5 Å². The molecule has 5 rings (SSSR count). The zero-order chi connectivity index (χ0) is 24.2. The molecule has 35 heavy (non-hydrogen) atoms. The van der Waals surface area contributed by atoms with Crippen LogP contribution in [0.5, 0.6) is 0 Å². The van der Waals surface area contributed by atoms with Crippen LogP contribution in [0.3, 0.4) is 0 Å². The Morgan fingerprint density at radius 2 is 2.00 bits per heavy atom. The third-order valence-corrected chi connectivity index (χ3v) is 6.62. The van der Waals surface area contributed by atoms with Gasteiger partial charge in [-0.1, -0.05) is 12.1 Å². The lowest BCUT2D eigenvalue weighted by Gasteiger charge is -2.26. The minimum atomic E-state index is -0.514. The monoisotopic (exact) mass is 473 g/mol. The topological polar surface area (TPSA) is 101 Å². The Hall–Kier alpha value is -3.49. The number of hydrogen-bond donors (Lipinski definition) is 3. The Kier molecular flexibility index (Phi) is 6.92. The van der Waals surface area contributed by atoms with Crippen molar-refractivity contribution in [3.05, 3.63) is 71.8 Å². The first-order valence-corrected chi connectivity index (χ1v) is 12.2. The highest BCUT2D eigenvalue weighted by atomic mass is 16.5. The van der Waals surface area contributed by atoms with Gasteiger partial charge in [0.1, 0.15) is 5.82 Å². The van der Waals surface area contributed by atoms with E-state index < -0.39 is 6.10 Å². The molecular formula is C27H31N5O3. The van der Waals surface area contributed by atoms with Gasteiger partial charge < -0.3 is 20.5 Å². The molecule has 3 N–H and O–H groups in total. The minimum Gasteiger partial charge on any atom is -0.388 e. The molecule has 1 unspecified atom stereocenters. The van der Waals surface area contributed by atoms with Crippen LogP contribution >= 0.6 is 0 Å². The summed E-state index contributed by atoms with van der Waals surface area (Å²) in [4.78, 5) is 16.9. The van der Waals surface area contributed by atoms with Gasteiger partial charge in [0.25, 0.3) is 5.91 Å². The van der Waals surface area contributed by atoms with Crippen LogP contribution in [0.4, 0.5) is 5.82 Å². The van der Waals surface area contributed by atoms with Gasteiger partial charge >= 0.3 is 0 Å². The van der Waals surface area contributed by atoms with E-state index in [2.05, 4.69) is 20.7 Å². The van der Waals surface area contributed by atoms with Crippen molar-refractivity contribution in [3.63, 3.8) is 0 Å². The van der Waals surface area contributed by atoms with Crippen molar-refractivity contribution in [1.82, 2.24) is 20.1 Å². The van der Waals surface area contributed by atoms with Crippen molar-refractivity contribution in [2.75, 3.05) is 18.5 Å². The zero-order valence-corrected chi connectivity index (χ0v) is 19.9. The lowest BCUT2D eigenvalue weighted by atomic mass is 9.90. The number of anilines is 1. The van der Waals surface area contributed by atoms with E-state index in [1.54, 1.807) is 29.5 Å². The molecule has 1 saturated carbocycles. The van der Waals surface area contributed by atoms with Crippen LogP contribution in [0.2, 0.25) is 0 Å². The lowest BCUT2D eigenvalue weighted by molar-refractivity contribution is 0.00707. The summed E-state index contributed by atoms with van der Waals surface area (Å²) in [6, 6.07) is 9.86. The number of nitrogens with zero attached hydrogens (tertiary/aromatic N) is 3. The Balaban J connectivity index is 1.20. The summed E-state index contributed by atoms with van der Waals surface area (Å²) in [5.41, 5.74) is 4.51. The molecule has 1 saturated heterocycles. The van der Waals surface area contributed by atoms with E-state index in [9.17, 15) is 9.90 Å². The molecule has 1 aliphatic carbocycles. The highest BCUT2D eigenvalue weighted by molar-refractivity contribution is 5.96. The summed E-state index contributed by atoms with van der Waals surface area (Å²) in [6.07, 6.45) is 12.3. The van der Waals surface area contributed by atoms with Gasteiger partial charge in [-0.05, 0) is 73.4 Å². The van der Waals surface area contributed by atoms with Crippen LogP contribution in [0.1, 0.15) is 53.3 Å². The first kappa shape index (κ1) is 23.3. The molecule has 1 amide bonds. The largest absolute Gasteiger partial charge is 0.388 e. The van der Waals surface area contributed by atoms with Gasteiger partial charge in [0.2, 0.25) is 0 Å². The summed E-state index contributed by atoms with van der Waals surface area (Å²) in [5.74, 6) is 0.876. The molecule has 8 nitrogen and oxygen atoms in total. The third-order valence-electron chi connectivity index (χ3n) is 6.62. The predicted octanol–water partition coefficient (Wildman–Crippen LogP) is 4.15. The SMILES string of the molecule is Cc1ccc(C(=O)NC2CC2)cc1-c1cnn(/C=C/Nc2ccc(C(O)C3CCOCC3)cn2)c1. The number of pyridine rings is 1. The predicted molar refractivity (Wildman–Crippen MR) is 135 cm³/mol. The van der Waals surface area contributed by atoms with Gasteiger partial charge in [-0.3, -0.25) is 4.79 Å². The van der Waals surface area contributed by atoms with E-state index in [-0.39, 0.29) is 11.8 Å². The van der Waals surface area contributed by atoms with Gasteiger partial charge in [0.15, 0.2) is 0 Å². The number of benzene rings is 1. The second-order valence-corrected chi connectivity index (χ2v) is 9.32. The highest BCUT2D eigenvalue weighted by Gasteiger charge is 2.24. The fraction of sp³-hybridized carbons (Fsp3) is 0.370. The summed E-state index contributed by atoms with van der Waals surface area (Å²) in [6.45, 7) is 3.44. The second kappa shape index (κ2) is 10.4. The maximum absolute atomic E-state index is 12.4. The Morgan fingerprint density at radius 3 is 2.74 bits per heavy atom. The van der Waals surface area contributed by atoms with Gasteiger partial charge in [-0.15, -0.1) is 0 Å². The zero-order valence-electron chi connectivity index (χ0n) is 19.9. The van der Waals surface area contributed by atoms with Crippen molar-refractivity contribution in [1.29, 1.82) is 0 Å². The summed E-state index contributed by atoms with van der Waals surface area (Å²) in [7, 11) is 0. The summed E-state index contributed by atoms with van der Waals surface area (Å²) in [5, 5.41) is 21.2. The number of carbonyl (C=O) groups is 1. The van der Waals surface area contributed by atoms with E-state index in [1.165, 1.54) is 0 Å². The molecule has 3 aromatic rings. The number of nitrogens with one attached hydrogen (secondary N) is 2. The molecule has 2 aliphatic rings. The molecule has 1 aromatic carbocycles. The van der Waals surface area contributed by atoms with Crippen molar-refractivity contribution >= 4 is 17.9 Å². The van der Waals surface area contributed by atoms with Crippen LogP contribution in [0.25, 0.3) is 17.3 Å². The average Bonchev–Trinajstić information content (AvgIpc) is 3.58. The van der Waals surface area contributed by atoms with Crippen molar-refractivity contribution in [2.45, 2.75) is 44.8 Å². The van der Waals surface area contributed by atoms with Crippen LogP contribution < -0.4 is 10.6 Å². The van der Waals surface area contributed by atoms with Gasteiger partial charge in [0, 0.05) is 55.2 Å². The molecule has 2 aromatic heterocycles. The number of aromatic nitrogens is 3. The van der Waals surface area contributed by atoms with Crippen LogP contribution in [-0.2, 0) is 4.74 Å². The number of aliphatic hydroxyl groups is 1. The van der Waals surface area contributed by atoms with Gasteiger partial charge in [-0.2, -0.15) is 5.10 Å². The first-order valence-electron chi connectivity index (χ1n) is 12.2. The number of hydrogen-bond acceptors (Lipinski definition) is 6. The van der Waals surface area contributed by atoms with E-state index in [0.29, 0.717) is 30.6 Å². The van der Waals surface area contributed by atoms with Crippen molar-refractivity contribution in [2.24, 2.45) is 5.92 Å².